The normalized spacial score (nSPS) is 12.6. The predicted octanol–water partition coefficient (Wildman–Crippen LogP) is 3.17. The van der Waals surface area contributed by atoms with Crippen LogP contribution in [0.1, 0.15) is 57.0 Å². The van der Waals surface area contributed by atoms with Gasteiger partial charge in [-0.05, 0) is 79.3 Å². The van der Waals surface area contributed by atoms with Crippen LogP contribution in [0.5, 0.6) is 17.2 Å². The van der Waals surface area contributed by atoms with Crippen molar-refractivity contribution < 1.29 is 35.7 Å². The smallest absolute Gasteiger partial charge is 0.126 e. The molecule has 0 aliphatic rings. The van der Waals surface area contributed by atoms with Crippen molar-refractivity contribution >= 4 is 0 Å². The topological polar surface area (TPSA) is 142 Å². The number of rotatable bonds is 6. The van der Waals surface area contributed by atoms with E-state index < -0.39 is 18.6 Å². The van der Waals surface area contributed by atoms with Gasteiger partial charge >= 0.3 is 0 Å². The fourth-order valence-corrected chi connectivity index (χ4v) is 4.30. The highest BCUT2D eigenvalue weighted by molar-refractivity contribution is 5.59. The summed E-state index contributed by atoms with van der Waals surface area (Å²) in [5, 5.41) is 67.5. The molecule has 3 aromatic rings. The Hall–Kier alpha value is -3.10. The molecule has 3 aromatic carbocycles. The summed E-state index contributed by atoms with van der Waals surface area (Å²) in [6.45, 7) is 6.16. The van der Waals surface area contributed by atoms with Gasteiger partial charge in [0.15, 0.2) is 0 Å². The molecule has 0 spiro atoms. The Balaban J connectivity index is 0.00000199. The van der Waals surface area contributed by atoms with Crippen LogP contribution in [0.3, 0.4) is 0 Å². The molecule has 0 fully saturated rings. The fraction of sp³-hybridized carbons (Fsp3) is 0.333. The highest BCUT2D eigenvalue weighted by Gasteiger charge is 2.34. The van der Waals surface area contributed by atoms with Gasteiger partial charge in [-0.25, -0.2) is 0 Å². The molecule has 0 aliphatic carbocycles. The number of phenolic OH excluding ortho intramolecular Hbond substituents is 1. The molecule has 7 heteroatoms. The van der Waals surface area contributed by atoms with Crippen molar-refractivity contribution in [3.8, 4) is 17.2 Å². The molecule has 7 N–H and O–H groups in total. The second-order valence-corrected chi connectivity index (χ2v) is 8.50. The van der Waals surface area contributed by atoms with E-state index >= 15 is 0 Å². The Bertz CT molecular complexity index is 1120. The van der Waals surface area contributed by atoms with Gasteiger partial charge in [0.2, 0.25) is 0 Å². The number of aliphatic hydroxyl groups excluding tert-OH is 4. The van der Waals surface area contributed by atoms with Crippen LogP contribution in [0.4, 0.5) is 0 Å². The maximum absolute atomic E-state index is 10.4. The maximum atomic E-state index is 10.4. The minimum absolute atomic E-state index is 0.0227. The van der Waals surface area contributed by atoms with Crippen LogP contribution in [-0.2, 0) is 25.2 Å². The van der Waals surface area contributed by atoms with Gasteiger partial charge in [0.25, 0.3) is 0 Å². The third-order valence-electron chi connectivity index (χ3n) is 6.38. The van der Waals surface area contributed by atoms with Crippen molar-refractivity contribution in [2.75, 3.05) is 7.11 Å². The molecule has 0 bridgehead atoms. The zero-order valence-electron chi connectivity index (χ0n) is 20.2. The zero-order valence-corrected chi connectivity index (χ0v) is 20.2. The average molecular weight is 471 g/mol. The van der Waals surface area contributed by atoms with Crippen LogP contribution in [0.25, 0.3) is 0 Å². The average Bonchev–Trinajstić information content (AvgIpc) is 2.84. The van der Waals surface area contributed by atoms with Crippen LogP contribution in [0.2, 0.25) is 0 Å². The van der Waals surface area contributed by atoms with Crippen molar-refractivity contribution in [3.05, 3.63) is 86.5 Å². The summed E-state index contributed by atoms with van der Waals surface area (Å²) in [5.74, 6) is 0.0680. The first kappa shape index (κ1) is 27.1. The number of aromatic hydroxyl groups is 3. The van der Waals surface area contributed by atoms with Gasteiger partial charge < -0.3 is 35.7 Å². The van der Waals surface area contributed by atoms with Crippen LogP contribution < -0.4 is 0 Å². The molecule has 0 saturated carbocycles. The van der Waals surface area contributed by atoms with E-state index in [0.29, 0.717) is 27.8 Å². The van der Waals surface area contributed by atoms with Gasteiger partial charge in [0.05, 0.1) is 19.8 Å². The molecule has 0 amide bonds. The van der Waals surface area contributed by atoms with E-state index in [4.69, 9.17) is 5.11 Å². The van der Waals surface area contributed by atoms with Crippen LogP contribution in [0, 0.1) is 20.8 Å². The highest BCUT2D eigenvalue weighted by Crippen LogP contribution is 2.44. The lowest BCUT2D eigenvalue weighted by atomic mass is 9.69. The van der Waals surface area contributed by atoms with Crippen LogP contribution >= 0.6 is 0 Å². The van der Waals surface area contributed by atoms with Gasteiger partial charge in [-0.3, -0.25) is 0 Å². The molecule has 0 saturated heterocycles. The summed E-state index contributed by atoms with van der Waals surface area (Å²) >= 11 is 0. The monoisotopic (exact) mass is 470 g/mol. The predicted molar refractivity (Wildman–Crippen MR) is 130 cm³/mol. The van der Waals surface area contributed by atoms with Gasteiger partial charge in [0, 0.05) is 29.2 Å². The third-order valence-corrected chi connectivity index (χ3v) is 6.38. The first-order valence-corrected chi connectivity index (χ1v) is 10.8. The van der Waals surface area contributed by atoms with E-state index in [1.165, 1.54) is 0 Å². The Morgan fingerprint density at radius 1 is 0.529 bits per heavy atom. The van der Waals surface area contributed by atoms with Crippen molar-refractivity contribution in [3.63, 3.8) is 0 Å². The first-order valence-electron chi connectivity index (χ1n) is 10.8. The van der Waals surface area contributed by atoms with Crippen molar-refractivity contribution in [2.45, 2.75) is 52.9 Å². The fourth-order valence-electron chi connectivity index (χ4n) is 4.30. The zero-order chi connectivity index (χ0) is 25.8. The molecule has 3 rings (SSSR count). The summed E-state index contributed by atoms with van der Waals surface area (Å²) in [5.41, 5.74) is 4.33. The van der Waals surface area contributed by atoms with Crippen LogP contribution in [0.15, 0.2) is 36.4 Å². The lowest BCUT2D eigenvalue weighted by Crippen LogP contribution is -2.27. The second kappa shape index (κ2) is 10.9. The number of aryl methyl sites for hydroxylation is 3. The van der Waals surface area contributed by atoms with Gasteiger partial charge in [-0.1, -0.05) is 18.2 Å². The second-order valence-electron chi connectivity index (χ2n) is 8.50. The lowest BCUT2D eigenvalue weighted by Gasteiger charge is -2.34. The van der Waals surface area contributed by atoms with Gasteiger partial charge in [-0.2, -0.15) is 0 Å². The SMILES string of the molecule is CO.Cc1cc(C(C)(c2cc(C)c(O)c(CO)c2)c2cc(CO)c(O)c(CO)c2)cc(C)c1O. The Morgan fingerprint density at radius 2 is 0.824 bits per heavy atom. The number of benzene rings is 3. The first-order chi connectivity index (χ1) is 16.1. The molecule has 0 heterocycles. The summed E-state index contributed by atoms with van der Waals surface area (Å²) in [7, 11) is 1.00. The third kappa shape index (κ3) is 4.74. The Kier molecular flexibility index (Phi) is 8.69. The standard InChI is InChI=1S/C26H30O6.CH4O/c1-14-5-20(6-15(2)23(14)30)26(4,21-7-16(3)24(31)17(8-21)11-27)22-9-18(12-28)25(32)19(10-22)13-29;1-2/h5-10,27-32H,11-13H2,1-4H3;2H,1H3. The molecule has 184 valence electrons. The van der Waals surface area contributed by atoms with Crippen molar-refractivity contribution in [2.24, 2.45) is 0 Å². The van der Waals surface area contributed by atoms with Crippen molar-refractivity contribution in [1.82, 2.24) is 0 Å². The summed E-state index contributed by atoms with van der Waals surface area (Å²) in [6.07, 6.45) is 0. The number of hydrogen-bond donors (Lipinski definition) is 7. The molecule has 0 aliphatic heterocycles. The molecule has 34 heavy (non-hydrogen) atoms. The Labute approximate surface area is 199 Å². The minimum Gasteiger partial charge on any atom is -0.507 e. The largest absolute Gasteiger partial charge is 0.507 e. The van der Waals surface area contributed by atoms with E-state index in [0.717, 1.165) is 18.2 Å². The van der Waals surface area contributed by atoms with E-state index in [2.05, 4.69) is 0 Å². The molecule has 1 unspecified atom stereocenters. The number of aliphatic hydroxyl groups is 4. The van der Waals surface area contributed by atoms with Gasteiger partial charge in [-0.15, -0.1) is 0 Å². The Morgan fingerprint density at radius 3 is 1.21 bits per heavy atom. The number of hydrogen-bond acceptors (Lipinski definition) is 7. The van der Waals surface area contributed by atoms with E-state index in [1.54, 1.807) is 25.1 Å². The summed E-state index contributed by atoms with van der Waals surface area (Å²) < 4.78 is 0. The quantitative estimate of drug-likeness (QED) is 0.274. The molecular weight excluding hydrogens is 436 g/mol. The molecule has 0 aromatic heterocycles. The highest BCUT2D eigenvalue weighted by atomic mass is 16.3. The molecular formula is C27H34O7. The minimum atomic E-state index is -0.868. The molecule has 1 atom stereocenters. The van der Waals surface area contributed by atoms with Crippen molar-refractivity contribution in [1.29, 1.82) is 0 Å². The van der Waals surface area contributed by atoms with E-state index in [1.807, 2.05) is 39.0 Å². The maximum Gasteiger partial charge on any atom is 0.126 e. The van der Waals surface area contributed by atoms with Gasteiger partial charge in [0.1, 0.15) is 17.2 Å². The van der Waals surface area contributed by atoms with Crippen LogP contribution in [-0.4, -0.2) is 42.9 Å². The molecule has 7 nitrogen and oxygen atoms in total. The molecule has 0 radical (unpaired) electrons. The number of phenols is 3. The summed E-state index contributed by atoms with van der Waals surface area (Å²) in [6, 6.07) is 10.7. The van der Waals surface area contributed by atoms with E-state index in [-0.39, 0.29) is 35.0 Å². The van der Waals surface area contributed by atoms with E-state index in [9.17, 15) is 30.6 Å². The lowest BCUT2D eigenvalue weighted by molar-refractivity contribution is 0.263. The summed E-state index contributed by atoms with van der Waals surface area (Å²) in [4.78, 5) is 0.